The molecule has 2 aromatic heterocycles. The van der Waals surface area contributed by atoms with Gasteiger partial charge in [0, 0.05) is 36.1 Å². The molecule has 16 nitrogen and oxygen atoms in total. The van der Waals surface area contributed by atoms with E-state index in [9.17, 15) is 34.5 Å². The number of benzene rings is 2. The Morgan fingerprint density at radius 2 is 1.54 bits per heavy atom. The third kappa shape index (κ3) is 7.58. The van der Waals surface area contributed by atoms with Crippen molar-refractivity contribution >= 4 is 33.9 Å². The fourth-order valence-corrected chi connectivity index (χ4v) is 5.00. The number of aliphatic hydroxyl groups excluding tert-OH is 3. The highest BCUT2D eigenvalue weighted by molar-refractivity contribution is 5.82. The molecule has 1 aliphatic heterocycles. The monoisotopic (exact) mass is 672 g/mol. The standard InChI is InChI=1S/C32H32O16/c1-32(42-3,12-24(33)34)13-26(36)43-14-23-27(37)28(38)29(39)31(48-23)47-21-11-19-16(8-20(21)41-2)9-22(30(40)46-19)44-17-6-4-15-5-7-25(35)45-18(15)10-17/h4-11,23,27-29,31,37-39H,12-14H2,1-3H3,(H,33,34)/t23-,27-,28+,29-,31-,32?/m0/s1. The minimum Gasteiger partial charge on any atom is -0.493 e. The van der Waals surface area contributed by atoms with Crippen molar-refractivity contribution in [3.05, 3.63) is 69.4 Å². The number of fused-ring (bicyclic) bond motifs is 2. The highest BCUT2D eigenvalue weighted by Gasteiger charge is 2.46. The van der Waals surface area contributed by atoms with Crippen LogP contribution in [0, 0.1) is 0 Å². The molecule has 6 atom stereocenters. The van der Waals surface area contributed by atoms with Crippen LogP contribution in [0.5, 0.6) is 23.0 Å². The molecular weight excluding hydrogens is 640 g/mol. The van der Waals surface area contributed by atoms with Crippen LogP contribution >= 0.6 is 0 Å². The van der Waals surface area contributed by atoms with Gasteiger partial charge in [0.25, 0.3) is 0 Å². The first-order valence-electron chi connectivity index (χ1n) is 14.5. The Hall–Kier alpha value is -5.00. The molecule has 0 saturated carbocycles. The van der Waals surface area contributed by atoms with E-state index in [1.54, 1.807) is 18.2 Å². The Balaban J connectivity index is 1.32. The minimum absolute atomic E-state index is 0.0200. The topological polar surface area (TPSA) is 231 Å². The quantitative estimate of drug-likeness (QED) is 0.124. The number of aliphatic carboxylic acids is 1. The summed E-state index contributed by atoms with van der Waals surface area (Å²) in [4.78, 5) is 48.0. The number of carboxylic acids is 1. The van der Waals surface area contributed by atoms with E-state index in [2.05, 4.69) is 0 Å². The molecule has 16 heteroatoms. The number of hydrogen-bond acceptors (Lipinski definition) is 15. The Morgan fingerprint density at radius 3 is 2.25 bits per heavy atom. The highest BCUT2D eigenvalue weighted by atomic mass is 16.7. The zero-order chi connectivity index (χ0) is 34.7. The lowest BCUT2D eigenvalue weighted by molar-refractivity contribution is -0.278. The van der Waals surface area contributed by atoms with Crippen LogP contribution in [0.1, 0.15) is 19.8 Å². The Bertz CT molecular complexity index is 1930. The number of carbonyl (C=O) groups is 2. The molecule has 4 aromatic rings. The zero-order valence-corrected chi connectivity index (χ0v) is 25.8. The normalized spacial score (nSPS) is 22.2. The van der Waals surface area contributed by atoms with Gasteiger partial charge in [-0.1, -0.05) is 0 Å². The molecule has 1 aliphatic rings. The third-order valence-electron chi connectivity index (χ3n) is 7.67. The summed E-state index contributed by atoms with van der Waals surface area (Å²) >= 11 is 0. The van der Waals surface area contributed by atoms with Crippen molar-refractivity contribution in [1.29, 1.82) is 0 Å². The van der Waals surface area contributed by atoms with Gasteiger partial charge in [-0.05, 0) is 37.3 Å². The maximum atomic E-state index is 12.8. The SMILES string of the molecule is COc1cc2cc(Oc3ccc4ccc(=O)oc4c3)c(=O)oc2cc1O[C@H]1O[C@@H](COC(=O)CC(C)(CC(=O)O)OC)[C@H](O)[C@@H](O)[C@@H]1O. The molecule has 0 radical (unpaired) electrons. The van der Waals surface area contributed by atoms with Gasteiger partial charge in [-0.15, -0.1) is 0 Å². The van der Waals surface area contributed by atoms with E-state index >= 15 is 0 Å². The van der Waals surface area contributed by atoms with Crippen LogP contribution in [0.4, 0.5) is 0 Å². The van der Waals surface area contributed by atoms with Crippen LogP contribution in [-0.4, -0.2) is 89.5 Å². The van der Waals surface area contributed by atoms with Gasteiger partial charge in [0.15, 0.2) is 11.5 Å². The van der Waals surface area contributed by atoms with E-state index in [4.69, 9.17) is 42.4 Å². The highest BCUT2D eigenvalue weighted by Crippen LogP contribution is 2.36. The number of carbonyl (C=O) groups excluding carboxylic acids is 1. The number of methoxy groups -OCH3 is 2. The molecule has 0 amide bonds. The van der Waals surface area contributed by atoms with Crippen molar-refractivity contribution in [2.45, 2.75) is 56.1 Å². The van der Waals surface area contributed by atoms with Crippen LogP contribution in [-0.2, 0) is 23.8 Å². The molecule has 1 saturated heterocycles. The number of hydrogen-bond donors (Lipinski definition) is 4. The Kier molecular flexibility index (Phi) is 10.0. The number of esters is 1. The van der Waals surface area contributed by atoms with Gasteiger partial charge < -0.3 is 57.7 Å². The van der Waals surface area contributed by atoms with E-state index in [0.717, 1.165) is 0 Å². The first-order chi connectivity index (χ1) is 22.8. The van der Waals surface area contributed by atoms with Crippen molar-refractivity contribution in [2.75, 3.05) is 20.8 Å². The predicted octanol–water partition coefficient (Wildman–Crippen LogP) is 1.70. The van der Waals surface area contributed by atoms with E-state index < -0.39 is 78.9 Å². The molecule has 0 bridgehead atoms. The molecule has 0 aliphatic carbocycles. The molecule has 48 heavy (non-hydrogen) atoms. The fraction of sp³-hybridized carbons (Fsp3) is 0.375. The van der Waals surface area contributed by atoms with Crippen molar-refractivity contribution in [3.8, 4) is 23.0 Å². The molecular formula is C32H32O16. The lowest BCUT2D eigenvalue weighted by Crippen LogP contribution is -2.60. The number of rotatable bonds is 12. The van der Waals surface area contributed by atoms with Gasteiger partial charge in [-0.25, -0.2) is 9.59 Å². The van der Waals surface area contributed by atoms with Crippen LogP contribution in [0.3, 0.4) is 0 Å². The lowest BCUT2D eigenvalue weighted by atomic mass is 9.97. The maximum Gasteiger partial charge on any atom is 0.379 e. The van der Waals surface area contributed by atoms with Crippen molar-refractivity contribution in [3.63, 3.8) is 0 Å². The molecule has 2 aromatic carbocycles. The third-order valence-corrected chi connectivity index (χ3v) is 7.67. The average Bonchev–Trinajstić information content (AvgIpc) is 3.04. The molecule has 256 valence electrons. The predicted molar refractivity (Wildman–Crippen MR) is 162 cm³/mol. The van der Waals surface area contributed by atoms with Crippen molar-refractivity contribution in [2.24, 2.45) is 0 Å². The molecule has 3 heterocycles. The summed E-state index contributed by atoms with van der Waals surface area (Å²) in [5.41, 5.74) is -2.50. The second kappa shape index (κ2) is 14.0. The van der Waals surface area contributed by atoms with Crippen LogP contribution in [0.2, 0.25) is 0 Å². The summed E-state index contributed by atoms with van der Waals surface area (Å²) in [6.07, 6.45) is -9.19. The van der Waals surface area contributed by atoms with Gasteiger partial charge in [0.1, 0.15) is 47.9 Å². The first-order valence-corrected chi connectivity index (χ1v) is 14.5. The summed E-state index contributed by atoms with van der Waals surface area (Å²) in [6.45, 7) is 0.824. The molecule has 4 N–H and O–H groups in total. The summed E-state index contributed by atoms with van der Waals surface area (Å²) in [6, 6.07) is 11.7. The van der Waals surface area contributed by atoms with E-state index in [1.165, 1.54) is 51.5 Å². The Labute approximate surface area is 270 Å². The molecule has 0 spiro atoms. The number of carboxylic acid groups (broad SMARTS) is 1. The van der Waals surface area contributed by atoms with Crippen molar-refractivity contribution < 1.29 is 67.3 Å². The molecule has 1 fully saturated rings. The maximum absolute atomic E-state index is 12.8. The largest absolute Gasteiger partial charge is 0.493 e. The summed E-state index contributed by atoms with van der Waals surface area (Å²) < 4.78 is 43.5. The average molecular weight is 673 g/mol. The van der Waals surface area contributed by atoms with Gasteiger partial charge >= 0.3 is 23.2 Å². The van der Waals surface area contributed by atoms with Crippen molar-refractivity contribution in [1.82, 2.24) is 0 Å². The van der Waals surface area contributed by atoms with E-state index in [0.29, 0.717) is 10.8 Å². The van der Waals surface area contributed by atoms with E-state index in [1.807, 2.05) is 0 Å². The summed E-state index contributed by atoms with van der Waals surface area (Å²) in [5, 5.41) is 41.7. The van der Waals surface area contributed by atoms with Gasteiger partial charge in [-0.3, -0.25) is 9.59 Å². The Morgan fingerprint density at radius 1 is 0.833 bits per heavy atom. The molecule has 1 unspecified atom stereocenters. The van der Waals surface area contributed by atoms with Crippen LogP contribution < -0.4 is 25.5 Å². The zero-order valence-electron chi connectivity index (χ0n) is 25.8. The second-order valence-corrected chi connectivity index (χ2v) is 11.2. The first kappa shape index (κ1) is 34.3. The van der Waals surface area contributed by atoms with E-state index in [-0.39, 0.29) is 34.2 Å². The summed E-state index contributed by atoms with van der Waals surface area (Å²) in [5.74, 6) is -2.04. The molecule has 5 rings (SSSR count). The van der Waals surface area contributed by atoms with Gasteiger partial charge in [0.05, 0.1) is 25.6 Å². The van der Waals surface area contributed by atoms with Crippen LogP contribution in [0.15, 0.2) is 67.0 Å². The minimum atomic E-state index is -1.80. The lowest BCUT2D eigenvalue weighted by Gasteiger charge is -2.40. The number of aliphatic hydroxyl groups is 3. The second-order valence-electron chi connectivity index (χ2n) is 11.2. The van der Waals surface area contributed by atoms with Gasteiger partial charge in [-0.2, -0.15) is 0 Å². The van der Waals surface area contributed by atoms with Crippen LogP contribution in [0.25, 0.3) is 21.9 Å². The van der Waals surface area contributed by atoms with Gasteiger partial charge in [0.2, 0.25) is 12.0 Å². The fourth-order valence-electron chi connectivity index (χ4n) is 5.00. The number of ether oxygens (including phenoxy) is 6. The summed E-state index contributed by atoms with van der Waals surface area (Å²) in [7, 11) is 2.57. The smallest absolute Gasteiger partial charge is 0.379 e.